The van der Waals surface area contributed by atoms with Gasteiger partial charge in [-0.05, 0) is 52.2 Å². The molecule has 1 N–H and O–H groups in total. The van der Waals surface area contributed by atoms with Gasteiger partial charge in [0.2, 0.25) is 5.95 Å². The van der Waals surface area contributed by atoms with E-state index < -0.39 is 0 Å². The van der Waals surface area contributed by atoms with E-state index in [0.717, 1.165) is 18.4 Å². The largest absolute Gasteiger partial charge is 0.353 e. The molecule has 0 radical (unpaired) electrons. The molecule has 0 spiro atoms. The Kier molecular flexibility index (Phi) is 4.64. The minimum atomic E-state index is 0.438. The lowest BCUT2D eigenvalue weighted by atomic mass is 9.97. The summed E-state index contributed by atoms with van der Waals surface area (Å²) in [6, 6.07) is 0.438. The van der Waals surface area contributed by atoms with Gasteiger partial charge in [0.05, 0.1) is 0 Å². The molecule has 4 heteroatoms. The maximum Gasteiger partial charge on any atom is 0.202 e. The predicted molar refractivity (Wildman–Crippen MR) is 75.8 cm³/mol. The molecule has 1 aliphatic rings. The van der Waals surface area contributed by atoms with Gasteiger partial charge in [0.25, 0.3) is 0 Å². The summed E-state index contributed by atoms with van der Waals surface area (Å²) in [5.74, 6) is 1.82. The zero-order chi connectivity index (χ0) is 13.0. The van der Waals surface area contributed by atoms with Crippen LogP contribution in [0.5, 0.6) is 0 Å². The molecule has 18 heavy (non-hydrogen) atoms. The van der Waals surface area contributed by atoms with E-state index in [9.17, 15) is 0 Å². The van der Waals surface area contributed by atoms with Gasteiger partial charge in [0, 0.05) is 25.0 Å². The summed E-state index contributed by atoms with van der Waals surface area (Å²) in [5.41, 5.74) is 0. The third-order valence-electron chi connectivity index (χ3n) is 3.74. The summed E-state index contributed by atoms with van der Waals surface area (Å²) in [6.07, 6.45) is 6.61. The van der Waals surface area contributed by atoms with E-state index in [1.165, 1.54) is 32.5 Å². The number of nitrogens with zero attached hydrogens (tertiary/aromatic N) is 3. The Hall–Kier alpha value is -1.03. The second kappa shape index (κ2) is 6.23. The monoisotopic (exact) mass is 250 g/mol. The standard InChI is InChI=1S/C14H26N4/c1-4-17-8-5-13(6-9-17)11-18-10-7-15-14(18)16-12(2)3/h7,10,12-13H,4-6,8-9,11H2,1-3H3,(H,15,16). The maximum atomic E-state index is 4.39. The van der Waals surface area contributed by atoms with Crippen molar-refractivity contribution < 1.29 is 0 Å². The molecule has 1 fully saturated rings. The normalized spacial score (nSPS) is 18.4. The highest BCUT2D eigenvalue weighted by Crippen LogP contribution is 2.20. The van der Waals surface area contributed by atoms with E-state index in [-0.39, 0.29) is 0 Å². The Bertz CT molecular complexity index is 350. The molecule has 1 aliphatic heterocycles. The Morgan fingerprint density at radius 2 is 2.11 bits per heavy atom. The van der Waals surface area contributed by atoms with Crippen molar-refractivity contribution in [3.8, 4) is 0 Å². The molecule has 2 rings (SSSR count). The molecule has 0 saturated carbocycles. The number of anilines is 1. The van der Waals surface area contributed by atoms with Gasteiger partial charge in [-0.25, -0.2) is 4.98 Å². The number of nitrogens with one attached hydrogen (secondary N) is 1. The predicted octanol–water partition coefficient (Wildman–Crippen LogP) is 2.44. The van der Waals surface area contributed by atoms with Crippen LogP contribution in [0.1, 0.15) is 33.6 Å². The molecule has 0 aliphatic carbocycles. The van der Waals surface area contributed by atoms with Gasteiger partial charge in [-0.3, -0.25) is 0 Å². The van der Waals surface area contributed by atoms with Crippen LogP contribution in [-0.2, 0) is 6.54 Å². The number of rotatable bonds is 5. The smallest absolute Gasteiger partial charge is 0.202 e. The second-order valence-corrected chi connectivity index (χ2v) is 5.58. The van der Waals surface area contributed by atoms with Crippen LogP contribution < -0.4 is 5.32 Å². The minimum Gasteiger partial charge on any atom is -0.353 e. The van der Waals surface area contributed by atoms with E-state index in [4.69, 9.17) is 0 Å². The molecular formula is C14H26N4. The quantitative estimate of drug-likeness (QED) is 0.871. The molecule has 0 amide bonds. The van der Waals surface area contributed by atoms with Gasteiger partial charge < -0.3 is 14.8 Å². The summed E-state index contributed by atoms with van der Waals surface area (Å²) >= 11 is 0. The Morgan fingerprint density at radius 3 is 2.72 bits per heavy atom. The minimum absolute atomic E-state index is 0.438. The Labute approximate surface area is 110 Å². The fourth-order valence-corrected chi connectivity index (χ4v) is 2.62. The molecular weight excluding hydrogens is 224 g/mol. The number of aromatic nitrogens is 2. The van der Waals surface area contributed by atoms with Crippen molar-refractivity contribution in [2.75, 3.05) is 25.0 Å². The number of hydrogen-bond acceptors (Lipinski definition) is 3. The Balaban J connectivity index is 1.88. The first-order chi connectivity index (χ1) is 8.69. The summed E-state index contributed by atoms with van der Waals surface area (Å²) < 4.78 is 2.27. The average Bonchev–Trinajstić information content (AvgIpc) is 2.77. The highest BCUT2D eigenvalue weighted by Gasteiger charge is 2.19. The lowest BCUT2D eigenvalue weighted by Crippen LogP contribution is -2.34. The number of likely N-dealkylation sites (tertiary alicyclic amines) is 1. The van der Waals surface area contributed by atoms with Crippen molar-refractivity contribution in [2.45, 2.75) is 46.2 Å². The van der Waals surface area contributed by atoms with Gasteiger partial charge in [0.1, 0.15) is 0 Å². The first-order valence-corrected chi connectivity index (χ1v) is 7.19. The van der Waals surface area contributed by atoms with Crippen LogP contribution >= 0.6 is 0 Å². The topological polar surface area (TPSA) is 33.1 Å². The molecule has 2 heterocycles. The molecule has 4 nitrogen and oxygen atoms in total. The number of hydrogen-bond donors (Lipinski definition) is 1. The van der Waals surface area contributed by atoms with Gasteiger partial charge >= 0.3 is 0 Å². The van der Waals surface area contributed by atoms with Crippen molar-refractivity contribution >= 4 is 5.95 Å². The molecule has 1 aromatic heterocycles. The average molecular weight is 250 g/mol. The van der Waals surface area contributed by atoms with E-state index in [0.29, 0.717) is 6.04 Å². The molecule has 1 aromatic rings. The molecule has 0 unspecified atom stereocenters. The molecule has 0 aromatic carbocycles. The highest BCUT2D eigenvalue weighted by atomic mass is 15.2. The van der Waals surface area contributed by atoms with Crippen LogP contribution in [0.4, 0.5) is 5.95 Å². The molecule has 102 valence electrons. The van der Waals surface area contributed by atoms with Crippen LogP contribution in [-0.4, -0.2) is 40.1 Å². The lowest BCUT2D eigenvalue weighted by Gasteiger charge is -2.31. The second-order valence-electron chi connectivity index (χ2n) is 5.58. The first-order valence-electron chi connectivity index (χ1n) is 7.19. The SMILES string of the molecule is CCN1CCC(Cn2ccnc2NC(C)C)CC1. The maximum absolute atomic E-state index is 4.39. The van der Waals surface area contributed by atoms with Crippen molar-refractivity contribution in [3.05, 3.63) is 12.4 Å². The molecule has 0 atom stereocenters. The van der Waals surface area contributed by atoms with Crippen molar-refractivity contribution in [1.82, 2.24) is 14.5 Å². The van der Waals surface area contributed by atoms with E-state index in [2.05, 4.69) is 46.7 Å². The van der Waals surface area contributed by atoms with Crippen LogP contribution in [0.25, 0.3) is 0 Å². The van der Waals surface area contributed by atoms with Crippen LogP contribution in [0.15, 0.2) is 12.4 Å². The van der Waals surface area contributed by atoms with Gasteiger partial charge in [0.15, 0.2) is 0 Å². The Morgan fingerprint density at radius 1 is 1.39 bits per heavy atom. The summed E-state index contributed by atoms with van der Waals surface area (Å²) in [6.45, 7) is 11.4. The third-order valence-corrected chi connectivity index (χ3v) is 3.74. The van der Waals surface area contributed by atoms with Crippen LogP contribution in [0.3, 0.4) is 0 Å². The zero-order valence-corrected chi connectivity index (χ0v) is 11.9. The molecule has 1 saturated heterocycles. The highest BCUT2D eigenvalue weighted by molar-refractivity contribution is 5.26. The van der Waals surface area contributed by atoms with Crippen molar-refractivity contribution in [1.29, 1.82) is 0 Å². The van der Waals surface area contributed by atoms with Crippen LogP contribution in [0.2, 0.25) is 0 Å². The zero-order valence-electron chi connectivity index (χ0n) is 11.9. The van der Waals surface area contributed by atoms with Gasteiger partial charge in [-0.15, -0.1) is 0 Å². The van der Waals surface area contributed by atoms with Crippen LogP contribution in [0, 0.1) is 5.92 Å². The van der Waals surface area contributed by atoms with Crippen molar-refractivity contribution in [3.63, 3.8) is 0 Å². The third kappa shape index (κ3) is 3.48. The summed E-state index contributed by atoms with van der Waals surface area (Å²) in [4.78, 5) is 6.93. The van der Waals surface area contributed by atoms with Gasteiger partial charge in [-0.1, -0.05) is 6.92 Å². The lowest BCUT2D eigenvalue weighted by molar-refractivity contribution is 0.181. The van der Waals surface area contributed by atoms with E-state index in [1.54, 1.807) is 0 Å². The van der Waals surface area contributed by atoms with E-state index in [1.807, 2.05) is 6.20 Å². The number of imidazole rings is 1. The van der Waals surface area contributed by atoms with E-state index >= 15 is 0 Å². The van der Waals surface area contributed by atoms with Crippen molar-refractivity contribution in [2.24, 2.45) is 5.92 Å². The first kappa shape index (κ1) is 13.4. The molecule has 0 bridgehead atoms. The number of piperidine rings is 1. The van der Waals surface area contributed by atoms with Gasteiger partial charge in [-0.2, -0.15) is 0 Å². The summed E-state index contributed by atoms with van der Waals surface area (Å²) in [5, 5.41) is 3.40. The summed E-state index contributed by atoms with van der Waals surface area (Å²) in [7, 11) is 0. The fourth-order valence-electron chi connectivity index (χ4n) is 2.62. The fraction of sp³-hybridized carbons (Fsp3) is 0.786.